The second kappa shape index (κ2) is 8.27. The third-order valence-electron chi connectivity index (χ3n) is 4.12. The number of carbonyl (C=O) groups excluding carboxylic acids is 1. The highest BCUT2D eigenvalue weighted by Gasteiger charge is 2.24. The van der Waals surface area contributed by atoms with Crippen LogP contribution in [-0.2, 0) is 22.5 Å². The molecule has 0 bridgehead atoms. The summed E-state index contributed by atoms with van der Waals surface area (Å²) < 4.78 is 11.1. The van der Waals surface area contributed by atoms with Gasteiger partial charge in [0.25, 0.3) is 5.91 Å². The van der Waals surface area contributed by atoms with Gasteiger partial charge >= 0.3 is 0 Å². The summed E-state index contributed by atoms with van der Waals surface area (Å²) >= 11 is 0. The molecular weight excluding hydrogens is 282 g/mol. The third-order valence-corrected chi connectivity index (χ3v) is 4.12. The van der Waals surface area contributed by atoms with E-state index in [1.165, 1.54) is 25.7 Å². The summed E-state index contributed by atoms with van der Waals surface area (Å²) in [7, 11) is 1.74. The molecule has 1 unspecified atom stereocenters. The van der Waals surface area contributed by atoms with Gasteiger partial charge in [-0.05, 0) is 19.8 Å². The Morgan fingerprint density at radius 3 is 2.64 bits per heavy atom. The van der Waals surface area contributed by atoms with E-state index in [4.69, 9.17) is 9.26 Å². The Bertz CT molecular complexity index is 467. The van der Waals surface area contributed by atoms with Crippen LogP contribution in [-0.4, -0.2) is 40.2 Å². The van der Waals surface area contributed by atoms with Crippen molar-refractivity contribution in [3.63, 3.8) is 0 Å². The van der Waals surface area contributed by atoms with E-state index in [-0.39, 0.29) is 12.0 Å². The molecule has 0 spiro atoms. The Morgan fingerprint density at radius 1 is 1.36 bits per heavy atom. The van der Waals surface area contributed by atoms with Crippen LogP contribution in [0.25, 0.3) is 0 Å². The molecule has 124 valence electrons. The van der Waals surface area contributed by atoms with Gasteiger partial charge in [0.2, 0.25) is 5.89 Å². The summed E-state index contributed by atoms with van der Waals surface area (Å²) in [5.74, 6) is 1.09. The van der Waals surface area contributed by atoms with Gasteiger partial charge in [0.05, 0.1) is 12.6 Å². The molecule has 1 amide bonds. The molecule has 2 rings (SSSR count). The van der Waals surface area contributed by atoms with Crippen molar-refractivity contribution in [2.45, 2.75) is 77.5 Å². The average Bonchev–Trinajstić information content (AvgIpc) is 2.81. The number of rotatable bonds is 6. The van der Waals surface area contributed by atoms with Gasteiger partial charge in [-0.3, -0.25) is 4.79 Å². The summed E-state index contributed by atoms with van der Waals surface area (Å²) in [4.78, 5) is 18.2. The third kappa shape index (κ3) is 4.80. The second-order valence-corrected chi connectivity index (χ2v) is 6.04. The number of carbonyl (C=O) groups is 1. The zero-order valence-corrected chi connectivity index (χ0v) is 13.9. The van der Waals surface area contributed by atoms with E-state index in [0.717, 1.165) is 19.3 Å². The number of aryl methyl sites for hydroxylation is 1. The molecule has 0 saturated heterocycles. The van der Waals surface area contributed by atoms with E-state index >= 15 is 0 Å². The summed E-state index contributed by atoms with van der Waals surface area (Å²) in [6, 6.07) is 0. The summed E-state index contributed by atoms with van der Waals surface area (Å²) in [6.07, 6.45) is 7.58. The average molecular weight is 309 g/mol. The maximum absolute atomic E-state index is 12.4. The minimum absolute atomic E-state index is 0.0412. The highest BCUT2D eigenvalue weighted by atomic mass is 16.5. The number of aromatic nitrogens is 2. The molecule has 0 aromatic carbocycles. The molecule has 1 heterocycles. The fraction of sp³-hybridized carbons (Fsp3) is 0.812. The van der Waals surface area contributed by atoms with Crippen LogP contribution in [0.1, 0.15) is 64.1 Å². The number of nitrogens with zero attached hydrogens (tertiary/aromatic N) is 3. The molecule has 1 atom stereocenters. The lowest BCUT2D eigenvalue weighted by molar-refractivity contribution is -0.146. The van der Waals surface area contributed by atoms with E-state index in [2.05, 4.69) is 10.1 Å². The van der Waals surface area contributed by atoms with Crippen LogP contribution in [0.2, 0.25) is 0 Å². The van der Waals surface area contributed by atoms with Crippen molar-refractivity contribution in [2.24, 2.45) is 0 Å². The lowest BCUT2D eigenvalue weighted by Crippen LogP contribution is -2.38. The molecule has 1 aromatic rings. The van der Waals surface area contributed by atoms with Crippen LogP contribution in [0.15, 0.2) is 4.52 Å². The molecule has 1 aliphatic carbocycles. The van der Waals surface area contributed by atoms with Gasteiger partial charge in [0, 0.05) is 13.5 Å². The minimum atomic E-state index is -0.429. The quantitative estimate of drug-likeness (QED) is 0.756. The van der Waals surface area contributed by atoms with E-state index in [0.29, 0.717) is 18.3 Å². The normalized spacial score (nSPS) is 18.0. The first-order chi connectivity index (χ1) is 10.6. The highest BCUT2D eigenvalue weighted by molar-refractivity contribution is 5.80. The molecule has 1 aliphatic rings. The summed E-state index contributed by atoms with van der Waals surface area (Å²) in [5, 5.41) is 3.84. The van der Waals surface area contributed by atoms with Gasteiger partial charge in [0.15, 0.2) is 5.82 Å². The molecule has 1 saturated carbocycles. The predicted molar refractivity (Wildman–Crippen MR) is 82.2 cm³/mol. The first-order valence-electron chi connectivity index (χ1n) is 8.32. The van der Waals surface area contributed by atoms with Crippen molar-refractivity contribution in [3.8, 4) is 0 Å². The van der Waals surface area contributed by atoms with Crippen LogP contribution in [0.4, 0.5) is 0 Å². The lowest BCUT2D eigenvalue weighted by Gasteiger charge is -2.24. The van der Waals surface area contributed by atoms with Crippen molar-refractivity contribution in [3.05, 3.63) is 11.7 Å². The Kier molecular flexibility index (Phi) is 6.36. The second-order valence-electron chi connectivity index (χ2n) is 6.04. The molecule has 1 aromatic heterocycles. The molecule has 1 fully saturated rings. The van der Waals surface area contributed by atoms with Gasteiger partial charge in [-0.25, -0.2) is 0 Å². The topological polar surface area (TPSA) is 68.5 Å². The van der Waals surface area contributed by atoms with E-state index in [9.17, 15) is 4.79 Å². The largest absolute Gasteiger partial charge is 0.365 e. The first kappa shape index (κ1) is 16.9. The van der Waals surface area contributed by atoms with Gasteiger partial charge in [-0.1, -0.05) is 37.8 Å². The molecule has 22 heavy (non-hydrogen) atoms. The van der Waals surface area contributed by atoms with Gasteiger partial charge in [-0.15, -0.1) is 0 Å². The standard InChI is InChI=1S/C16H27N3O3/c1-4-14-17-15(22-18-14)11-19(3)16(20)12(2)21-13-9-7-5-6-8-10-13/h12-13H,4-11H2,1-3H3. The molecular formula is C16H27N3O3. The maximum atomic E-state index is 12.4. The maximum Gasteiger partial charge on any atom is 0.251 e. The van der Waals surface area contributed by atoms with E-state index in [1.807, 2.05) is 13.8 Å². The van der Waals surface area contributed by atoms with E-state index in [1.54, 1.807) is 11.9 Å². The molecule has 0 radical (unpaired) electrons. The zero-order valence-electron chi connectivity index (χ0n) is 13.9. The van der Waals surface area contributed by atoms with Crippen LogP contribution >= 0.6 is 0 Å². The van der Waals surface area contributed by atoms with Crippen molar-refractivity contribution < 1.29 is 14.1 Å². The van der Waals surface area contributed by atoms with E-state index < -0.39 is 6.10 Å². The summed E-state index contributed by atoms with van der Waals surface area (Å²) in [5.41, 5.74) is 0. The Labute approximate surface area is 132 Å². The van der Waals surface area contributed by atoms with Crippen LogP contribution in [0.5, 0.6) is 0 Å². The first-order valence-corrected chi connectivity index (χ1v) is 8.32. The Morgan fingerprint density at radius 2 is 2.05 bits per heavy atom. The number of amides is 1. The zero-order chi connectivity index (χ0) is 15.9. The van der Waals surface area contributed by atoms with Crippen molar-refractivity contribution in [1.82, 2.24) is 15.0 Å². The fourth-order valence-corrected chi connectivity index (χ4v) is 2.81. The number of likely N-dealkylation sites (N-methyl/N-ethyl adjacent to an activating group) is 1. The van der Waals surface area contributed by atoms with Crippen molar-refractivity contribution in [2.75, 3.05) is 7.05 Å². The molecule has 0 aliphatic heterocycles. The van der Waals surface area contributed by atoms with Crippen molar-refractivity contribution in [1.29, 1.82) is 0 Å². The Hall–Kier alpha value is -1.43. The molecule has 6 heteroatoms. The number of ether oxygens (including phenoxy) is 1. The smallest absolute Gasteiger partial charge is 0.251 e. The van der Waals surface area contributed by atoms with Crippen LogP contribution < -0.4 is 0 Å². The van der Waals surface area contributed by atoms with Gasteiger partial charge in [0.1, 0.15) is 6.10 Å². The SMILES string of the molecule is CCc1noc(CN(C)C(=O)C(C)OC2CCCCCC2)n1. The fourth-order valence-electron chi connectivity index (χ4n) is 2.81. The van der Waals surface area contributed by atoms with Crippen LogP contribution in [0.3, 0.4) is 0 Å². The number of hydrogen-bond acceptors (Lipinski definition) is 5. The monoisotopic (exact) mass is 309 g/mol. The van der Waals surface area contributed by atoms with Crippen LogP contribution in [0, 0.1) is 0 Å². The number of hydrogen-bond donors (Lipinski definition) is 0. The minimum Gasteiger partial charge on any atom is -0.365 e. The summed E-state index contributed by atoms with van der Waals surface area (Å²) in [6.45, 7) is 4.12. The predicted octanol–water partition coefficient (Wildman–Crippen LogP) is 2.72. The van der Waals surface area contributed by atoms with Crippen molar-refractivity contribution >= 4 is 5.91 Å². The highest BCUT2D eigenvalue weighted by Crippen LogP contribution is 2.21. The van der Waals surface area contributed by atoms with Gasteiger partial charge < -0.3 is 14.2 Å². The molecule has 6 nitrogen and oxygen atoms in total. The molecule has 0 N–H and O–H groups in total. The Balaban J connectivity index is 1.83. The van der Waals surface area contributed by atoms with Gasteiger partial charge in [-0.2, -0.15) is 4.98 Å². The lowest BCUT2D eigenvalue weighted by atomic mass is 10.1.